The fourth-order valence-corrected chi connectivity index (χ4v) is 3.64. The number of fused-ring (bicyclic) bond motifs is 1. The first-order valence-corrected chi connectivity index (χ1v) is 7.72. The predicted molar refractivity (Wildman–Crippen MR) is 79.9 cm³/mol. The van der Waals surface area contributed by atoms with Gasteiger partial charge in [-0.05, 0) is 24.0 Å². The molecule has 0 N–H and O–H groups in total. The summed E-state index contributed by atoms with van der Waals surface area (Å²) in [5, 5.41) is 0.862. The van der Waals surface area contributed by atoms with Crippen LogP contribution in [0.3, 0.4) is 0 Å². The molecular formula is C16H22ClNO2. The Morgan fingerprint density at radius 2 is 2.20 bits per heavy atom. The summed E-state index contributed by atoms with van der Waals surface area (Å²) in [7, 11) is 1.77. The van der Waals surface area contributed by atoms with Crippen molar-refractivity contribution in [2.24, 2.45) is 11.8 Å². The molecule has 2 aliphatic heterocycles. The van der Waals surface area contributed by atoms with Crippen molar-refractivity contribution in [2.45, 2.75) is 19.1 Å². The summed E-state index contributed by atoms with van der Waals surface area (Å²) in [6.07, 6.45) is 1.51. The summed E-state index contributed by atoms with van der Waals surface area (Å²) in [6, 6.07) is 8.11. The van der Waals surface area contributed by atoms with Crippen molar-refractivity contribution in [3.05, 3.63) is 34.9 Å². The molecule has 20 heavy (non-hydrogen) atoms. The molecule has 0 unspecified atom stereocenters. The molecule has 4 heteroatoms. The van der Waals surface area contributed by atoms with Crippen molar-refractivity contribution in [3.8, 4) is 0 Å². The first-order chi connectivity index (χ1) is 9.78. The molecule has 2 aliphatic rings. The standard InChI is InChI=1S/C16H22ClNO2/c1-19-7-6-13-11-20-16-10-18(9-14(13)16)8-12-4-2-3-5-15(12)17/h2-5,13-14,16H,6-11H2,1H3/t13-,14-,16-/m1/s1. The predicted octanol–water partition coefficient (Wildman–Crippen LogP) is 2.82. The van der Waals surface area contributed by atoms with E-state index in [2.05, 4.69) is 17.0 Å². The van der Waals surface area contributed by atoms with Gasteiger partial charge in [0, 0.05) is 44.3 Å². The molecule has 0 bridgehead atoms. The van der Waals surface area contributed by atoms with Gasteiger partial charge in [-0.15, -0.1) is 0 Å². The lowest BCUT2D eigenvalue weighted by Gasteiger charge is -2.20. The van der Waals surface area contributed by atoms with E-state index in [0.717, 1.165) is 44.3 Å². The van der Waals surface area contributed by atoms with Gasteiger partial charge >= 0.3 is 0 Å². The van der Waals surface area contributed by atoms with Crippen LogP contribution in [0.1, 0.15) is 12.0 Å². The Bertz CT molecular complexity index is 454. The van der Waals surface area contributed by atoms with Crippen molar-refractivity contribution in [1.29, 1.82) is 0 Å². The number of benzene rings is 1. The van der Waals surface area contributed by atoms with Crippen LogP contribution in [0.25, 0.3) is 0 Å². The van der Waals surface area contributed by atoms with Crippen LogP contribution >= 0.6 is 11.6 Å². The lowest BCUT2D eigenvalue weighted by Crippen LogP contribution is -2.24. The molecule has 1 aromatic rings. The summed E-state index contributed by atoms with van der Waals surface area (Å²) < 4.78 is 11.2. The van der Waals surface area contributed by atoms with Crippen LogP contribution in [0.2, 0.25) is 5.02 Å². The molecule has 0 spiro atoms. The first-order valence-electron chi connectivity index (χ1n) is 7.34. The normalized spacial score (nSPS) is 29.8. The van der Waals surface area contributed by atoms with Crippen LogP contribution in [-0.2, 0) is 16.0 Å². The molecule has 2 heterocycles. The molecule has 3 atom stereocenters. The molecule has 0 amide bonds. The topological polar surface area (TPSA) is 21.7 Å². The maximum absolute atomic E-state index is 6.25. The van der Waals surface area contributed by atoms with E-state index in [1.165, 1.54) is 5.56 Å². The minimum absolute atomic E-state index is 0.402. The number of nitrogens with zero attached hydrogens (tertiary/aromatic N) is 1. The second-order valence-corrected chi connectivity index (χ2v) is 6.27. The van der Waals surface area contributed by atoms with Gasteiger partial charge in [-0.1, -0.05) is 29.8 Å². The van der Waals surface area contributed by atoms with Crippen molar-refractivity contribution >= 4 is 11.6 Å². The Kier molecular flexibility index (Phi) is 4.61. The SMILES string of the molecule is COCC[C@@H]1CO[C@@H]2CN(Cc3ccccc3Cl)C[C@H]12. The van der Waals surface area contributed by atoms with E-state index < -0.39 is 0 Å². The maximum atomic E-state index is 6.25. The summed E-state index contributed by atoms with van der Waals surface area (Å²) in [5.41, 5.74) is 1.21. The van der Waals surface area contributed by atoms with E-state index in [1.54, 1.807) is 7.11 Å². The number of likely N-dealkylation sites (tertiary alicyclic amines) is 1. The zero-order chi connectivity index (χ0) is 13.9. The molecule has 2 saturated heterocycles. The zero-order valence-corrected chi connectivity index (χ0v) is 12.7. The third kappa shape index (κ3) is 3.01. The van der Waals surface area contributed by atoms with E-state index in [1.807, 2.05) is 12.1 Å². The number of ether oxygens (including phenoxy) is 2. The quantitative estimate of drug-likeness (QED) is 0.834. The van der Waals surface area contributed by atoms with E-state index in [0.29, 0.717) is 17.9 Å². The van der Waals surface area contributed by atoms with Gasteiger partial charge in [0.05, 0.1) is 12.7 Å². The van der Waals surface area contributed by atoms with E-state index in [-0.39, 0.29) is 0 Å². The van der Waals surface area contributed by atoms with E-state index in [4.69, 9.17) is 21.1 Å². The van der Waals surface area contributed by atoms with Crippen LogP contribution in [0, 0.1) is 11.8 Å². The Labute approximate surface area is 125 Å². The molecule has 1 aromatic carbocycles. The lowest BCUT2D eigenvalue weighted by atomic mass is 9.91. The number of hydrogen-bond acceptors (Lipinski definition) is 3. The highest BCUT2D eigenvalue weighted by Gasteiger charge is 2.43. The van der Waals surface area contributed by atoms with Gasteiger partial charge in [0.25, 0.3) is 0 Å². The second kappa shape index (κ2) is 6.44. The zero-order valence-electron chi connectivity index (χ0n) is 11.9. The van der Waals surface area contributed by atoms with Crippen molar-refractivity contribution in [1.82, 2.24) is 4.90 Å². The molecule has 0 aliphatic carbocycles. The van der Waals surface area contributed by atoms with Gasteiger partial charge in [0.15, 0.2) is 0 Å². The Balaban J connectivity index is 1.58. The van der Waals surface area contributed by atoms with Crippen LogP contribution in [0.15, 0.2) is 24.3 Å². The summed E-state index contributed by atoms with van der Waals surface area (Å²) >= 11 is 6.25. The fraction of sp³-hybridized carbons (Fsp3) is 0.625. The first kappa shape index (κ1) is 14.3. The number of hydrogen-bond donors (Lipinski definition) is 0. The number of methoxy groups -OCH3 is 1. The van der Waals surface area contributed by atoms with Gasteiger partial charge in [-0.25, -0.2) is 0 Å². The number of halogens is 1. The van der Waals surface area contributed by atoms with Crippen LogP contribution in [0.5, 0.6) is 0 Å². The summed E-state index contributed by atoms with van der Waals surface area (Å²) in [4.78, 5) is 2.47. The van der Waals surface area contributed by atoms with Crippen molar-refractivity contribution in [3.63, 3.8) is 0 Å². The molecule has 2 fully saturated rings. The molecule has 3 rings (SSSR count). The van der Waals surface area contributed by atoms with Gasteiger partial charge < -0.3 is 9.47 Å². The van der Waals surface area contributed by atoms with Gasteiger partial charge in [0.1, 0.15) is 0 Å². The minimum atomic E-state index is 0.402. The number of rotatable bonds is 5. The van der Waals surface area contributed by atoms with Gasteiger partial charge in [0.2, 0.25) is 0 Å². The fourth-order valence-electron chi connectivity index (χ4n) is 3.44. The van der Waals surface area contributed by atoms with Gasteiger partial charge in [-0.2, -0.15) is 0 Å². The van der Waals surface area contributed by atoms with E-state index >= 15 is 0 Å². The Morgan fingerprint density at radius 3 is 3.00 bits per heavy atom. The van der Waals surface area contributed by atoms with Crippen LogP contribution in [0.4, 0.5) is 0 Å². The molecule has 3 nitrogen and oxygen atoms in total. The van der Waals surface area contributed by atoms with Crippen LogP contribution < -0.4 is 0 Å². The molecular weight excluding hydrogens is 274 g/mol. The summed E-state index contributed by atoms with van der Waals surface area (Å²) in [5.74, 6) is 1.31. The highest BCUT2D eigenvalue weighted by molar-refractivity contribution is 6.31. The lowest BCUT2D eigenvalue weighted by molar-refractivity contribution is 0.0904. The second-order valence-electron chi connectivity index (χ2n) is 5.86. The third-order valence-electron chi connectivity index (χ3n) is 4.56. The van der Waals surface area contributed by atoms with Crippen molar-refractivity contribution < 1.29 is 9.47 Å². The van der Waals surface area contributed by atoms with E-state index in [9.17, 15) is 0 Å². The molecule has 0 radical (unpaired) electrons. The average molecular weight is 296 g/mol. The highest BCUT2D eigenvalue weighted by atomic mass is 35.5. The smallest absolute Gasteiger partial charge is 0.0746 e. The van der Waals surface area contributed by atoms with Crippen molar-refractivity contribution in [2.75, 3.05) is 33.4 Å². The highest BCUT2D eigenvalue weighted by Crippen LogP contribution is 2.36. The molecule has 0 aromatic heterocycles. The summed E-state index contributed by atoms with van der Waals surface area (Å²) in [6.45, 7) is 4.80. The largest absolute Gasteiger partial charge is 0.385 e. The van der Waals surface area contributed by atoms with Gasteiger partial charge in [-0.3, -0.25) is 4.90 Å². The Morgan fingerprint density at radius 1 is 1.35 bits per heavy atom. The maximum Gasteiger partial charge on any atom is 0.0746 e. The Hall–Kier alpha value is -0.610. The molecule has 0 saturated carbocycles. The van der Waals surface area contributed by atoms with Crippen LogP contribution in [-0.4, -0.2) is 44.4 Å². The molecule has 110 valence electrons. The third-order valence-corrected chi connectivity index (χ3v) is 4.93. The minimum Gasteiger partial charge on any atom is -0.385 e. The monoisotopic (exact) mass is 295 g/mol. The average Bonchev–Trinajstić information content (AvgIpc) is 2.99.